The molecule has 0 aliphatic carbocycles. The standard InChI is InChI=1S/C21H19ClF3N3O5/c22-11-7-13-19(28-20(27-13)32-16-9-31-17-14(29)8-30-18(16)17)26-12(11)6-5-10-3-1-2-4-15(10)33-21(23,24)25/h1-4,7,14,16-18,29H,5-6,8-9H2,(H,26,27,28)/t14-,16-,17-,18-/m1/s1. The van der Waals surface area contributed by atoms with Crippen molar-refractivity contribution in [3.8, 4) is 11.8 Å². The van der Waals surface area contributed by atoms with Crippen LogP contribution in [-0.4, -0.2) is 64.1 Å². The monoisotopic (exact) mass is 485 g/mol. The quantitative estimate of drug-likeness (QED) is 0.553. The lowest BCUT2D eigenvalue weighted by molar-refractivity contribution is -0.274. The third-order valence-electron chi connectivity index (χ3n) is 5.55. The van der Waals surface area contributed by atoms with Gasteiger partial charge in [0.2, 0.25) is 0 Å². The maximum Gasteiger partial charge on any atom is 0.573 e. The number of para-hydroxylation sites is 1. The number of hydrogen-bond donors (Lipinski definition) is 2. The molecule has 0 unspecified atom stereocenters. The minimum absolute atomic E-state index is 0.187. The lowest BCUT2D eigenvalue weighted by atomic mass is 10.1. The molecule has 3 aromatic rings. The second-order valence-corrected chi connectivity index (χ2v) is 8.21. The maximum absolute atomic E-state index is 12.7. The highest BCUT2D eigenvalue weighted by atomic mass is 35.5. The van der Waals surface area contributed by atoms with Gasteiger partial charge in [0.05, 0.1) is 29.4 Å². The number of hydrogen-bond acceptors (Lipinski definition) is 7. The van der Waals surface area contributed by atoms with Crippen molar-refractivity contribution in [2.45, 2.75) is 43.6 Å². The molecule has 0 saturated carbocycles. The molecular weight excluding hydrogens is 467 g/mol. The van der Waals surface area contributed by atoms with Crippen LogP contribution in [0, 0.1) is 0 Å². The van der Waals surface area contributed by atoms with Crippen LogP contribution < -0.4 is 9.47 Å². The third kappa shape index (κ3) is 4.72. The summed E-state index contributed by atoms with van der Waals surface area (Å²) < 4.78 is 59.0. The number of benzene rings is 1. The van der Waals surface area contributed by atoms with Crippen LogP contribution in [0.2, 0.25) is 5.02 Å². The Morgan fingerprint density at radius 1 is 1.12 bits per heavy atom. The van der Waals surface area contributed by atoms with E-state index in [1.54, 1.807) is 18.2 Å². The normalized spacial score (nSPS) is 24.9. The van der Waals surface area contributed by atoms with Crippen LogP contribution in [0.4, 0.5) is 13.2 Å². The molecule has 5 rings (SSSR count). The molecular formula is C21H19ClF3N3O5. The van der Waals surface area contributed by atoms with Gasteiger partial charge in [-0.15, -0.1) is 13.2 Å². The van der Waals surface area contributed by atoms with Crippen molar-refractivity contribution in [1.29, 1.82) is 0 Å². The van der Waals surface area contributed by atoms with Crippen LogP contribution in [-0.2, 0) is 22.3 Å². The molecule has 0 spiro atoms. The van der Waals surface area contributed by atoms with E-state index < -0.39 is 24.7 Å². The third-order valence-corrected chi connectivity index (χ3v) is 5.88. The van der Waals surface area contributed by atoms with E-state index in [2.05, 4.69) is 19.7 Å². The predicted molar refractivity (Wildman–Crippen MR) is 109 cm³/mol. The van der Waals surface area contributed by atoms with Crippen molar-refractivity contribution in [2.24, 2.45) is 0 Å². The zero-order chi connectivity index (χ0) is 23.2. The summed E-state index contributed by atoms with van der Waals surface area (Å²) >= 11 is 6.35. The number of rotatable bonds is 6. The van der Waals surface area contributed by atoms with E-state index in [1.165, 1.54) is 12.1 Å². The van der Waals surface area contributed by atoms with Crippen molar-refractivity contribution in [2.75, 3.05) is 13.2 Å². The molecule has 1 aromatic carbocycles. The average molecular weight is 486 g/mol. The molecule has 2 saturated heterocycles. The number of ether oxygens (including phenoxy) is 4. The fourth-order valence-electron chi connectivity index (χ4n) is 4.04. The fraction of sp³-hybridized carbons (Fsp3) is 0.429. The molecule has 2 aliphatic heterocycles. The number of alkyl halides is 3. The summed E-state index contributed by atoms with van der Waals surface area (Å²) in [4.78, 5) is 11.8. The van der Waals surface area contributed by atoms with Gasteiger partial charge in [-0.2, -0.15) is 4.98 Å². The van der Waals surface area contributed by atoms with Gasteiger partial charge in [0.25, 0.3) is 6.01 Å². The number of nitrogens with zero attached hydrogens (tertiary/aromatic N) is 2. The SMILES string of the molecule is O[C@@H]1CO[C@H]2[C@@H]1OC[C@H]2Oc1nc2nc(CCc3ccccc3OC(F)(F)F)c(Cl)cc2[nH]1. The second kappa shape index (κ2) is 8.64. The Bertz CT molecular complexity index is 1160. The van der Waals surface area contributed by atoms with E-state index >= 15 is 0 Å². The molecule has 2 fully saturated rings. The number of nitrogens with one attached hydrogen (secondary N) is 1. The summed E-state index contributed by atoms with van der Waals surface area (Å²) in [6.45, 7) is 0.440. The smallest absolute Gasteiger partial charge is 0.456 e. The molecule has 176 valence electrons. The topological polar surface area (TPSA) is 98.7 Å². The number of aryl methyl sites for hydroxylation is 2. The summed E-state index contributed by atoms with van der Waals surface area (Å²) in [5, 5.41) is 10.2. The molecule has 2 aromatic heterocycles. The summed E-state index contributed by atoms with van der Waals surface area (Å²) in [5.74, 6) is -0.256. The van der Waals surface area contributed by atoms with Crippen LogP contribution >= 0.6 is 11.6 Å². The zero-order valence-corrected chi connectivity index (χ0v) is 17.8. The Morgan fingerprint density at radius 2 is 1.91 bits per heavy atom. The predicted octanol–water partition coefficient (Wildman–Crippen LogP) is 3.20. The Balaban J connectivity index is 1.30. The van der Waals surface area contributed by atoms with Crippen LogP contribution in [0.25, 0.3) is 11.2 Å². The molecule has 2 N–H and O–H groups in total. The van der Waals surface area contributed by atoms with E-state index in [0.29, 0.717) is 27.4 Å². The molecule has 33 heavy (non-hydrogen) atoms. The largest absolute Gasteiger partial charge is 0.573 e. The van der Waals surface area contributed by atoms with Gasteiger partial charge in [-0.3, -0.25) is 0 Å². The van der Waals surface area contributed by atoms with E-state index in [4.69, 9.17) is 25.8 Å². The van der Waals surface area contributed by atoms with Gasteiger partial charge in [-0.05, 0) is 30.5 Å². The zero-order valence-electron chi connectivity index (χ0n) is 17.0. The Hall–Kier alpha value is -2.60. The lowest BCUT2D eigenvalue weighted by Gasteiger charge is -2.15. The molecule has 2 aliphatic rings. The molecule has 0 amide bonds. The van der Waals surface area contributed by atoms with Gasteiger partial charge in [-0.25, -0.2) is 4.98 Å². The molecule has 12 heteroatoms. The Kier molecular flexibility index (Phi) is 5.81. The van der Waals surface area contributed by atoms with Gasteiger partial charge in [0, 0.05) is 0 Å². The van der Waals surface area contributed by atoms with Crippen molar-refractivity contribution in [1.82, 2.24) is 15.0 Å². The van der Waals surface area contributed by atoms with E-state index in [0.717, 1.165) is 0 Å². The van der Waals surface area contributed by atoms with Gasteiger partial charge in [0.15, 0.2) is 11.8 Å². The number of aromatic nitrogens is 3. The van der Waals surface area contributed by atoms with Gasteiger partial charge in [-0.1, -0.05) is 29.8 Å². The first kappa shape index (κ1) is 22.2. The number of aliphatic hydroxyl groups is 1. The van der Waals surface area contributed by atoms with E-state index in [1.807, 2.05) is 0 Å². The number of fused-ring (bicyclic) bond motifs is 2. The van der Waals surface area contributed by atoms with Crippen LogP contribution in [0.15, 0.2) is 30.3 Å². The van der Waals surface area contributed by atoms with Crippen LogP contribution in [0.5, 0.6) is 11.8 Å². The lowest BCUT2D eigenvalue weighted by Crippen LogP contribution is -2.34. The Morgan fingerprint density at radius 3 is 2.73 bits per heavy atom. The highest BCUT2D eigenvalue weighted by Crippen LogP contribution is 2.31. The number of aromatic amines is 1. The first-order chi connectivity index (χ1) is 15.8. The summed E-state index contributed by atoms with van der Waals surface area (Å²) in [6.07, 6.45) is -6.20. The van der Waals surface area contributed by atoms with Crippen molar-refractivity contribution in [3.05, 3.63) is 46.6 Å². The second-order valence-electron chi connectivity index (χ2n) is 7.81. The van der Waals surface area contributed by atoms with Crippen molar-refractivity contribution >= 4 is 22.8 Å². The number of H-pyrrole nitrogens is 1. The molecule has 4 heterocycles. The summed E-state index contributed by atoms with van der Waals surface area (Å²) in [6, 6.07) is 7.78. The summed E-state index contributed by atoms with van der Waals surface area (Å²) in [7, 11) is 0. The first-order valence-corrected chi connectivity index (χ1v) is 10.6. The van der Waals surface area contributed by atoms with Gasteiger partial charge >= 0.3 is 6.36 Å². The first-order valence-electron chi connectivity index (χ1n) is 10.2. The minimum atomic E-state index is -4.78. The molecule has 0 bridgehead atoms. The molecule has 4 atom stereocenters. The van der Waals surface area contributed by atoms with Crippen molar-refractivity contribution in [3.63, 3.8) is 0 Å². The number of pyridine rings is 1. The van der Waals surface area contributed by atoms with Crippen LogP contribution in [0.1, 0.15) is 11.3 Å². The minimum Gasteiger partial charge on any atom is -0.456 e. The molecule has 8 nitrogen and oxygen atoms in total. The highest BCUT2D eigenvalue weighted by molar-refractivity contribution is 6.31. The fourth-order valence-corrected chi connectivity index (χ4v) is 4.29. The summed E-state index contributed by atoms with van der Waals surface area (Å²) in [5.41, 5.74) is 1.76. The average Bonchev–Trinajstić information content (AvgIpc) is 3.43. The highest BCUT2D eigenvalue weighted by Gasteiger charge is 2.48. The van der Waals surface area contributed by atoms with Crippen molar-refractivity contribution < 1.29 is 37.2 Å². The Labute approximate surface area is 190 Å². The molecule has 0 radical (unpaired) electrons. The number of imidazole rings is 1. The van der Waals surface area contributed by atoms with E-state index in [-0.39, 0.29) is 43.9 Å². The number of aliphatic hydroxyl groups excluding tert-OH is 1. The van der Waals surface area contributed by atoms with Gasteiger partial charge < -0.3 is 29.0 Å². The van der Waals surface area contributed by atoms with Crippen LogP contribution in [0.3, 0.4) is 0 Å². The maximum atomic E-state index is 12.7. The van der Waals surface area contributed by atoms with E-state index in [9.17, 15) is 18.3 Å². The van der Waals surface area contributed by atoms with Gasteiger partial charge in [0.1, 0.15) is 24.1 Å². The number of halogens is 4.